The minimum atomic E-state index is -0.716. The van der Waals surface area contributed by atoms with E-state index in [1.54, 1.807) is 12.1 Å². The highest BCUT2D eigenvalue weighted by molar-refractivity contribution is 5.33. The predicted molar refractivity (Wildman–Crippen MR) is 73.2 cm³/mol. The Balaban J connectivity index is 1.85. The molecule has 0 aliphatic rings. The van der Waals surface area contributed by atoms with Gasteiger partial charge >= 0.3 is 0 Å². The number of rotatable bonds is 6. The third-order valence-corrected chi connectivity index (χ3v) is 2.92. The molecule has 1 unspecified atom stereocenters. The van der Waals surface area contributed by atoms with Gasteiger partial charge in [-0.1, -0.05) is 0 Å². The van der Waals surface area contributed by atoms with E-state index in [4.69, 9.17) is 4.42 Å². The largest absolute Gasteiger partial charge is 0.465 e. The van der Waals surface area contributed by atoms with Crippen LogP contribution in [0.2, 0.25) is 0 Å². The number of nitro groups is 1. The molecule has 0 saturated carbocycles. The summed E-state index contributed by atoms with van der Waals surface area (Å²) in [4.78, 5) is 10.1. The van der Waals surface area contributed by atoms with Gasteiger partial charge in [0.25, 0.3) is 5.69 Å². The van der Waals surface area contributed by atoms with Crippen molar-refractivity contribution in [1.29, 1.82) is 0 Å². The highest BCUT2D eigenvalue weighted by Gasteiger charge is 2.10. The molecule has 1 atom stereocenters. The summed E-state index contributed by atoms with van der Waals surface area (Å²) in [6.07, 6.45) is -0.716. The maximum Gasteiger partial charge on any atom is 0.269 e. The first-order valence-corrected chi connectivity index (χ1v) is 6.24. The molecule has 0 spiro atoms. The molecule has 2 aromatic rings. The van der Waals surface area contributed by atoms with Crippen molar-refractivity contribution >= 4 is 5.69 Å². The average molecular weight is 276 g/mol. The number of nitrogens with zero attached hydrogens (tertiary/aromatic N) is 1. The number of hydrogen-bond acceptors (Lipinski definition) is 5. The van der Waals surface area contributed by atoms with Gasteiger partial charge in [0, 0.05) is 18.7 Å². The molecular formula is C14H16N2O4. The van der Waals surface area contributed by atoms with Crippen LogP contribution in [0.5, 0.6) is 0 Å². The number of non-ortho nitro benzene ring substituents is 1. The number of benzene rings is 1. The summed E-state index contributed by atoms with van der Waals surface area (Å²) < 4.78 is 5.39. The van der Waals surface area contributed by atoms with Crippen LogP contribution in [-0.4, -0.2) is 16.6 Å². The summed E-state index contributed by atoms with van der Waals surface area (Å²) in [7, 11) is 0. The second kappa shape index (κ2) is 6.31. The van der Waals surface area contributed by atoms with Crippen LogP contribution in [0.4, 0.5) is 5.69 Å². The molecule has 2 rings (SSSR count). The Bertz CT molecular complexity index is 577. The summed E-state index contributed by atoms with van der Waals surface area (Å²) in [5.41, 5.74) is 0.652. The standard InChI is InChI=1S/C14H16N2O4/c1-10-2-7-13(20-10)8-15-9-14(17)11-3-5-12(6-4-11)16(18)19/h2-7,14-15,17H,8-9H2,1H3. The molecule has 0 saturated heterocycles. The van der Waals surface area contributed by atoms with Crippen molar-refractivity contribution in [2.45, 2.75) is 19.6 Å². The maximum absolute atomic E-state index is 10.5. The molecule has 106 valence electrons. The lowest BCUT2D eigenvalue weighted by atomic mass is 10.1. The van der Waals surface area contributed by atoms with E-state index in [9.17, 15) is 15.2 Å². The SMILES string of the molecule is Cc1ccc(CNCC(O)c2ccc([N+](=O)[O-])cc2)o1. The fraction of sp³-hybridized carbons (Fsp3) is 0.286. The Morgan fingerprint density at radius 1 is 1.30 bits per heavy atom. The fourth-order valence-electron chi connectivity index (χ4n) is 1.85. The van der Waals surface area contributed by atoms with Crippen molar-refractivity contribution in [1.82, 2.24) is 5.32 Å². The van der Waals surface area contributed by atoms with Gasteiger partial charge in [0.1, 0.15) is 11.5 Å². The second-order valence-electron chi connectivity index (χ2n) is 4.51. The summed E-state index contributed by atoms with van der Waals surface area (Å²) in [5, 5.41) is 23.6. The molecule has 1 aromatic carbocycles. The van der Waals surface area contributed by atoms with Gasteiger partial charge in [-0.05, 0) is 36.8 Å². The predicted octanol–water partition coefficient (Wildman–Crippen LogP) is 2.32. The number of nitro benzene ring substituents is 1. The van der Waals surface area contributed by atoms with Gasteiger partial charge in [0.05, 0.1) is 17.6 Å². The summed E-state index contributed by atoms with van der Waals surface area (Å²) >= 11 is 0. The highest BCUT2D eigenvalue weighted by Crippen LogP contribution is 2.17. The highest BCUT2D eigenvalue weighted by atomic mass is 16.6. The van der Waals surface area contributed by atoms with E-state index < -0.39 is 11.0 Å². The molecule has 0 fully saturated rings. The minimum Gasteiger partial charge on any atom is -0.465 e. The first-order chi connectivity index (χ1) is 9.56. The first-order valence-electron chi connectivity index (χ1n) is 6.24. The Morgan fingerprint density at radius 2 is 2.00 bits per heavy atom. The van der Waals surface area contributed by atoms with Crippen molar-refractivity contribution in [2.24, 2.45) is 0 Å². The van der Waals surface area contributed by atoms with E-state index >= 15 is 0 Å². The van der Waals surface area contributed by atoms with Crippen LogP contribution in [0.15, 0.2) is 40.8 Å². The smallest absolute Gasteiger partial charge is 0.269 e. The molecule has 20 heavy (non-hydrogen) atoms. The van der Waals surface area contributed by atoms with Crippen LogP contribution in [0.1, 0.15) is 23.2 Å². The third-order valence-electron chi connectivity index (χ3n) is 2.92. The zero-order valence-corrected chi connectivity index (χ0v) is 11.1. The Hall–Kier alpha value is -2.18. The van der Waals surface area contributed by atoms with Gasteiger partial charge in [-0.25, -0.2) is 0 Å². The lowest BCUT2D eigenvalue weighted by molar-refractivity contribution is -0.384. The molecule has 0 aliphatic heterocycles. The Labute approximate surface area is 116 Å². The normalized spacial score (nSPS) is 12.3. The molecule has 6 nitrogen and oxygen atoms in total. The van der Waals surface area contributed by atoms with Crippen LogP contribution >= 0.6 is 0 Å². The quantitative estimate of drug-likeness (QED) is 0.624. The van der Waals surface area contributed by atoms with Crippen molar-refractivity contribution in [3.8, 4) is 0 Å². The van der Waals surface area contributed by atoms with Crippen LogP contribution in [-0.2, 0) is 6.54 Å². The van der Waals surface area contributed by atoms with Crippen molar-refractivity contribution in [3.05, 3.63) is 63.6 Å². The molecular weight excluding hydrogens is 260 g/mol. The first kappa shape index (κ1) is 14.2. The van der Waals surface area contributed by atoms with Crippen LogP contribution in [0, 0.1) is 17.0 Å². The molecule has 1 aromatic heterocycles. The minimum absolute atomic E-state index is 0.0139. The van der Waals surface area contributed by atoms with Gasteiger partial charge in [-0.3, -0.25) is 10.1 Å². The number of furan rings is 1. The van der Waals surface area contributed by atoms with Gasteiger partial charge < -0.3 is 14.8 Å². The Morgan fingerprint density at radius 3 is 2.55 bits per heavy atom. The van der Waals surface area contributed by atoms with E-state index in [1.807, 2.05) is 19.1 Å². The number of nitrogens with one attached hydrogen (secondary N) is 1. The molecule has 1 heterocycles. The maximum atomic E-state index is 10.5. The summed E-state index contributed by atoms with van der Waals surface area (Å²) in [6.45, 7) is 2.74. The van der Waals surface area contributed by atoms with Crippen LogP contribution in [0.25, 0.3) is 0 Å². The van der Waals surface area contributed by atoms with Crippen molar-refractivity contribution in [2.75, 3.05) is 6.54 Å². The van der Waals surface area contributed by atoms with Gasteiger partial charge in [0.2, 0.25) is 0 Å². The van der Waals surface area contributed by atoms with E-state index in [2.05, 4.69) is 5.32 Å². The van der Waals surface area contributed by atoms with Gasteiger partial charge in [-0.15, -0.1) is 0 Å². The molecule has 6 heteroatoms. The number of aryl methyl sites for hydroxylation is 1. The molecule has 0 bridgehead atoms. The number of hydrogen-bond donors (Lipinski definition) is 2. The third kappa shape index (κ3) is 3.66. The van der Waals surface area contributed by atoms with Crippen LogP contribution in [0.3, 0.4) is 0 Å². The number of aliphatic hydroxyl groups excluding tert-OH is 1. The monoisotopic (exact) mass is 276 g/mol. The molecule has 0 amide bonds. The van der Waals surface area contributed by atoms with Gasteiger partial charge in [0.15, 0.2) is 0 Å². The molecule has 0 aliphatic carbocycles. The fourth-order valence-corrected chi connectivity index (χ4v) is 1.85. The van der Waals surface area contributed by atoms with Crippen molar-refractivity contribution in [3.63, 3.8) is 0 Å². The van der Waals surface area contributed by atoms with Crippen LogP contribution < -0.4 is 5.32 Å². The van der Waals surface area contributed by atoms with E-state index in [0.29, 0.717) is 18.7 Å². The topological polar surface area (TPSA) is 88.5 Å². The lowest BCUT2D eigenvalue weighted by Crippen LogP contribution is -2.20. The van der Waals surface area contributed by atoms with Gasteiger partial charge in [-0.2, -0.15) is 0 Å². The number of aliphatic hydroxyl groups is 1. The summed E-state index contributed by atoms with van der Waals surface area (Å²) in [6, 6.07) is 9.64. The van der Waals surface area contributed by atoms with E-state index in [1.165, 1.54) is 12.1 Å². The molecule has 2 N–H and O–H groups in total. The van der Waals surface area contributed by atoms with E-state index in [0.717, 1.165) is 11.5 Å². The van der Waals surface area contributed by atoms with E-state index in [-0.39, 0.29) is 5.69 Å². The zero-order valence-electron chi connectivity index (χ0n) is 11.1. The second-order valence-corrected chi connectivity index (χ2v) is 4.51. The zero-order chi connectivity index (χ0) is 14.5. The van der Waals surface area contributed by atoms with Crippen molar-refractivity contribution < 1.29 is 14.4 Å². The Kier molecular flexibility index (Phi) is 4.49. The summed E-state index contributed by atoms with van der Waals surface area (Å²) in [5.74, 6) is 1.65. The molecule has 0 radical (unpaired) electrons. The lowest BCUT2D eigenvalue weighted by Gasteiger charge is -2.11. The average Bonchev–Trinajstić information content (AvgIpc) is 2.84.